The number of rotatable bonds is 4. The minimum Gasteiger partial charge on any atom is -0.354 e. The number of carbonyl (C=O) groups excluding carboxylic acids is 2. The molecule has 1 aromatic heterocycles. The predicted octanol–water partition coefficient (Wildman–Crippen LogP) is -0.0620. The second-order valence-electron chi connectivity index (χ2n) is 4.69. The maximum absolute atomic E-state index is 12.2. The molecule has 1 saturated heterocycles. The standard InChI is InChI=1S/C13H19N5O2/c1-2-9-6-8(7-11(16-9)18-14)12(19)17-10-4-3-5-15-13(10)20/h6-7,10H,2-5,14H2,1H3,(H,15,20)(H,16,18)(H,17,19). The van der Waals surface area contributed by atoms with Gasteiger partial charge in [0.05, 0.1) is 0 Å². The normalized spacial score (nSPS) is 18.3. The number of aryl methyl sites for hydroxylation is 1. The Labute approximate surface area is 117 Å². The Morgan fingerprint density at radius 2 is 2.35 bits per heavy atom. The summed E-state index contributed by atoms with van der Waals surface area (Å²) in [6.07, 6.45) is 2.22. The van der Waals surface area contributed by atoms with Crippen LogP contribution in [0.5, 0.6) is 0 Å². The summed E-state index contributed by atoms with van der Waals surface area (Å²) in [4.78, 5) is 28.1. The van der Waals surface area contributed by atoms with E-state index in [9.17, 15) is 9.59 Å². The van der Waals surface area contributed by atoms with E-state index in [4.69, 9.17) is 5.84 Å². The fourth-order valence-electron chi connectivity index (χ4n) is 2.13. The maximum Gasteiger partial charge on any atom is 0.252 e. The van der Waals surface area contributed by atoms with Gasteiger partial charge in [-0.2, -0.15) is 0 Å². The van der Waals surface area contributed by atoms with Crippen molar-refractivity contribution in [2.75, 3.05) is 12.0 Å². The van der Waals surface area contributed by atoms with E-state index in [1.807, 2.05) is 6.92 Å². The molecule has 1 aliphatic rings. The molecule has 1 aliphatic heterocycles. The predicted molar refractivity (Wildman–Crippen MR) is 74.9 cm³/mol. The number of hydrazine groups is 1. The molecular weight excluding hydrogens is 258 g/mol. The smallest absolute Gasteiger partial charge is 0.252 e. The minimum atomic E-state index is -0.469. The van der Waals surface area contributed by atoms with Gasteiger partial charge in [-0.25, -0.2) is 10.8 Å². The molecule has 7 nitrogen and oxygen atoms in total. The Kier molecular flexibility index (Phi) is 4.52. The molecule has 0 spiro atoms. The number of nitrogens with zero attached hydrogens (tertiary/aromatic N) is 1. The molecule has 0 bridgehead atoms. The molecule has 1 unspecified atom stereocenters. The lowest BCUT2D eigenvalue weighted by atomic mass is 10.1. The van der Waals surface area contributed by atoms with Gasteiger partial charge in [-0.05, 0) is 31.4 Å². The van der Waals surface area contributed by atoms with Gasteiger partial charge in [-0.1, -0.05) is 6.92 Å². The lowest BCUT2D eigenvalue weighted by Crippen LogP contribution is -2.50. The second-order valence-corrected chi connectivity index (χ2v) is 4.69. The molecule has 2 amide bonds. The highest BCUT2D eigenvalue weighted by Crippen LogP contribution is 2.12. The Balaban J connectivity index is 2.13. The quantitative estimate of drug-likeness (QED) is 0.455. The van der Waals surface area contributed by atoms with Crippen LogP contribution in [0.15, 0.2) is 12.1 Å². The first-order valence-electron chi connectivity index (χ1n) is 6.70. The summed E-state index contributed by atoms with van der Waals surface area (Å²) in [7, 11) is 0. The maximum atomic E-state index is 12.2. The number of hydrogen-bond acceptors (Lipinski definition) is 5. The Bertz CT molecular complexity index is 495. The zero-order chi connectivity index (χ0) is 14.5. The van der Waals surface area contributed by atoms with E-state index in [2.05, 4.69) is 21.0 Å². The van der Waals surface area contributed by atoms with E-state index < -0.39 is 6.04 Å². The van der Waals surface area contributed by atoms with Gasteiger partial charge < -0.3 is 16.1 Å². The van der Waals surface area contributed by atoms with Gasteiger partial charge in [0.25, 0.3) is 5.91 Å². The molecule has 2 heterocycles. The number of aromatic nitrogens is 1. The molecule has 1 aromatic rings. The van der Waals surface area contributed by atoms with E-state index >= 15 is 0 Å². The zero-order valence-corrected chi connectivity index (χ0v) is 11.4. The summed E-state index contributed by atoms with van der Waals surface area (Å²) in [5, 5.41) is 5.48. The molecule has 7 heteroatoms. The van der Waals surface area contributed by atoms with Crippen molar-refractivity contribution in [1.82, 2.24) is 15.6 Å². The Hall–Kier alpha value is -2.15. The topological polar surface area (TPSA) is 109 Å². The van der Waals surface area contributed by atoms with Crippen LogP contribution >= 0.6 is 0 Å². The number of piperidine rings is 1. The van der Waals surface area contributed by atoms with E-state index in [1.165, 1.54) is 0 Å². The number of nitrogen functional groups attached to an aromatic ring is 1. The van der Waals surface area contributed by atoms with Crippen molar-refractivity contribution in [3.63, 3.8) is 0 Å². The average Bonchev–Trinajstić information content (AvgIpc) is 2.48. The second kappa shape index (κ2) is 6.33. The third kappa shape index (κ3) is 3.24. The van der Waals surface area contributed by atoms with Crippen molar-refractivity contribution < 1.29 is 9.59 Å². The van der Waals surface area contributed by atoms with Crippen molar-refractivity contribution in [2.24, 2.45) is 5.84 Å². The fraction of sp³-hybridized carbons (Fsp3) is 0.462. The molecule has 20 heavy (non-hydrogen) atoms. The van der Waals surface area contributed by atoms with Crippen LogP contribution in [0.25, 0.3) is 0 Å². The third-order valence-electron chi connectivity index (χ3n) is 3.24. The highest BCUT2D eigenvalue weighted by molar-refractivity contribution is 5.98. The number of amides is 2. The van der Waals surface area contributed by atoms with Gasteiger partial charge in [0, 0.05) is 17.8 Å². The first-order chi connectivity index (χ1) is 9.63. The van der Waals surface area contributed by atoms with Crippen molar-refractivity contribution in [3.8, 4) is 0 Å². The summed E-state index contributed by atoms with van der Waals surface area (Å²) in [5.74, 6) is 5.35. The van der Waals surface area contributed by atoms with Crippen LogP contribution in [0.1, 0.15) is 35.8 Å². The third-order valence-corrected chi connectivity index (χ3v) is 3.24. The molecule has 0 saturated carbocycles. The van der Waals surface area contributed by atoms with Gasteiger partial charge in [0.15, 0.2) is 0 Å². The number of hydrogen-bond donors (Lipinski definition) is 4. The summed E-state index contributed by atoms with van der Waals surface area (Å²) >= 11 is 0. The molecular formula is C13H19N5O2. The molecule has 0 aromatic carbocycles. The molecule has 108 valence electrons. The molecule has 1 fully saturated rings. The largest absolute Gasteiger partial charge is 0.354 e. The highest BCUT2D eigenvalue weighted by atomic mass is 16.2. The number of pyridine rings is 1. The fourth-order valence-corrected chi connectivity index (χ4v) is 2.13. The lowest BCUT2D eigenvalue weighted by Gasteiger charge is -2.22. The van der Waals surface area contributed by atoms with Gasteiger partial charge in [-0.3, -0.25) is 9.59 Å². The van der Waals surface area contributed by atoms with E-state index in [0.29, 0.717) is 30.8 Å². The van der Waals surface area contributed by atoms with Crippen molar-refractivity contribution >= 4 is 17.6 Å². The number of carbonyl (C=O) groups is 2. The van der Waals surface area contributed by atoms with Gasteiger partial charge in [0.2, 0.25) is 5.91 Å². The van der Waals surface area contributed by atoms with Crippen LogP contribution < -0.4 is 21.9 Å². The molecule has 1 atom stereocenters. The average molecular weight is 277 g/mol. The van der Waals surface area contributed by atoms with Crippen molar-refractivity contribution in [3.05, 3.63) is 23.4 Å². The first-order valence-corrected chi connectivity index (χ1v) is 6.70. The van der Waals surface area contributed by atoms with Crippen molar-refractivity contribution in [2.45, 2.75) is 32.2 Å². The highest BCUT2D eigenvalue weighted by Gasteiger charge is 2.24. The Morgan fingerprint density at radius 1 is 1.55 bits per heavy atom. The van der Waals surface area contributed by atoms with Gasteiger partial charge >= 0.3 is 0 Å². The van der Waals surface area contributed by atoms with Gasteiger partial charge in [-0.15, -0.1) is 0 Å². The number of anilines is 1. The summed E-state index contributed by atoms with van der Waals surface area (Å²) in [5.41, 5.74) is 3.65. The van der Waals surface area contributed by atoms with Crippen LogP contribution in [0, 0.1) is 0 Å². The molecule has 0 aliphatic carbocycles. The van der Waals surface area contributed by atoms with Crippen LogP contribution in [0.2, 0.25) is 0 Å². The van der Waals surface area contributed by atoms with E-state index in [0.717, 1.165) is 12.1 Å². The Morgan fingerprint density at radius 3 is 3.00 bits per heavy atom. The minimum absolute atomic E-state index is 0.133. The molecule has 2 rings (SSSR count). The molecule has 0 radical (unpaired) electrons. The summed E-state index contributed by atoms with van der Waals surface area (Å²) < 4.78 is 0. The summed E-state index contributed by atoms with van der Waals surface area (Å²) in [6.45, 7) is 2.61. The summed E-state index contributed by atoms with van der Waals surface area (Å²) in [6, 6.07) is 2.80. The van der Waals surface area contributed by atoms with Crippen molar-refractivity contribution in [1.29, 1.82) is 0 Å². The number of nitrogens with two attached hydrogens (primary N) is 1. The monoisotopic (exact) mass is 277 g/mol. The zero-order valence-electron chi connectivity index (χ0n) is 11.4. The van der Waals surface area contributed by atoms with Crippen LogP contribution in [-0.2, 0) is 11.2 Å². The van der Waals surface area contributed by atoms with E-state index in [-0.39, 0.29) is 11.8 Å². The van der Waals surface area contributed by atoms with Crippen LogP contribution in [0.4, 0.5) is 5.82 Å². The SMILES string of the molecule is CCc1cc(C(=O)NC2CCCNC2=O)cc(NN)n1. The lowest BCUT2D eigenvalue weighted by molar-refractivity contribution is -0.124. The van der Waals surface area contributed by atoms with Gasteiger partial charge in [0.1, 0.15) is 11.9 Å². The number of nitrogens with one attached hydrogen (secondary N) is 3. The molecule has 5 N–H and O–H groups in total. The first kappa shape index (κ1) is 14.3. The van der Waals surface area contributed by atoms with Crippen LogP contribution in [-0.4, -0.2) is 29.4 Å². The van der Waals surface area contributed by atoms with E-state index in [1.54, 1.807) is 12.1 Å². The van der Waals surface area contributed by atoms with Crippen LogP contribution in [0.3, 0.4) is 0 Å².